The fraction of sp³-hybridized carbons (Fsp3) is 0.366. The van der Waals surface area contributed by atoms with Crippen LogP contribution >= 0.6 is 11.3 Å². The SMILES string of the molecule is O=C1CC[C@H](Nc2ccc(C3CCN(CC(=O)N4CC[C@H](Oc5ccc(-c6cc(F)c7c(c6)C(=O)N(CC(=O)Nc6nccs6)C7)cc5)C4)CC3)cc2)C(=O)N1. The summed E-state index contributed by atoms with van der Waals surface area (Å²) in [6.45, 7) is 2.99. The average molecular weight is 780 g/mol. The van der Waals surface area contributed by atoms with E-state index in [2.05, 4.69) is 38.0 Å². The lowest BCUT2D eigenvalue weighted by Crippen LogP contribution is -2.47. The fourth-order valence-corrected chi connectivity index (χ4v) is 8.45. The molecule has 0 radical (unpaired) electrons. The largest absolute Gasteiger partial charge is 0.489 e. The molecule has 3 fully saturated rings. The molecule has 4 aromatic rings. The van der Waals surface area contributed by atoms with Crippen molar-refractivity contribution in [1.29, 1.82) is 0 Å². The van der Waals surface area contributed by atoms with Crippen molar-refractivity contribution in [3.05, 3.63) is 94.7 Å². The smallest absolute Gasteiger partial charge is 0.255 e. The molecule has 2 atom stereocenters. The van der Waals surface area contributed by atoms with E-state index in [0.717, 1.165) is 43.6 Å². The first-order chi connectivity index (χ1) is 27.1. The van der Waals surface area contributed by atoms with Crippen LogP contribution in [-0.2, 0) is 25.7 Å². The number of halogens is 1. The summed E-state index contributed by atoms with van der Waals surface area (Å²) in [6, 6.07) is 18.1. The number of benzene rings is 3. The lowest BCUT2D eigenvalue weighted by atomic mass is 9.89. The number of anilines is 2. The van der Waals surface area contributed by atoms with Gasteiger partial charge in [-0.25, -0.2) is 9.37 Å². The van der Waals surface area contributed by atoms with Gasteiger partial charge in [-0.05, 0) is 91.4 Å². The monoisotopic (exact) mass is 779 g/mol. The summed E-state index contributed by atoms with van der Waals surface area (Å²) in [7, 11) is 0. The van der Waals surface area contributed by atoms with Crippen LogP contribution in [0.1, 0.15) is 59.5 Å². The minimum Gasteiger partial charge on any atom is -0.489 e. The first-order valence-electron chi connectivity index (χ1n) is 18.9. The predicted molar refractivity (Wildman–Crippen MR) is 208 cm³/mol. The summed E-state index contributed by atoms with van der Waals surface area (Å²) in [5.74, 6) is -0.668. The summed E-state index contributed by atoms with van der Waals surface area (Å²) in [4.78, 5) is 71.8. The fourth-order valence-electron chi connectivity index (χ4n) is 7.90. The number of nitrogens with zero attached hydrogens (tertiary/aromatic N) is 4. The molecule has 8 rings (SSSR count). The van der Waals surface area contributed by atoms with Crippen molar-refractivity contribution < 1.29 is 33.1 Å². The molecule has 1 aromatic heterocycles. The van der Waals surface area contributed by atoms with E-state index in [-0.39, 0.29) is 48.0 Å². The highest BCUT2D eigenvalue weighted by Crippen LogP contribution is 2.33. The third-order valence-corrected chi connectivity index (χ3v) is 11.7. The maximum Gasteiger partial charge on any atom is 0.255 e. The number of carbonyl (C=O) groups excluding carboxylic acids is 5. The molecule has 4 aliphatic rings. The summed E-state index contributed by atoms with van der Waals surface area (Å²) in [5.41, 5.74) is 3.88. The highest BCUT2D eigenvalue weighted by atomic mass is 32.1. The number of thiazole rings is 1. The van der Waals surface area contributed by atoms with Crippen molar-refractivity contribution >= 4 is 51.7 Å². The minimum atomic E-state index is -0.498. The predicted octanol–water partition coefficient (Wildman–Crippen LogP) is 4.62. The molecule has 3 aromatic carbocycles. The molecule has 56 heavy (non-hydrogen) atoms. The van der Waals surface area contributed by atoms with Crippen molar-refractivity contribution in [3.63, 3.8) is 0 Å². The number of rotatable bonds is 11. The van der Waals surface area contributed by atoms with E-state index in [1.54, 1.807) is 17.6 Å². The Balaban J connectivity index is 0.781. The zero-order chi connectivity index (χ0) is 38.8. The summed E-state index contributed by atoms with van der Waals surface area (Å²) >= 11 is 1.27. The lowest BCUT2D eigenvalue weighted by molar-refractivity contribution is -0.134. The molecule has 3 saturated heterocycles. The number of fused-ring (bicyclic) bond motifs is 1. The second-order valence-electron chi connectivity index (χ2n) is 14.7. The third kappa shape index (κ3) is 8.43. The molecule has 13 nitrogen and oxygen atoms in total. The van der Waals surface area contributed by atoms with Crippen LogP contribution in [0.15, 0.2) is 72.2 Å². The minimum absolute atomic E-state index is 0.0170. The van der Waals surface area contributed by atoms with Crippen LogP contribution in [0.5, 0.6) is 5.75 Å². The van der Waals surface area contributed by atoms with Gasteiger partial charge in [-0.1, -0.05) is 24.3 Å². The Hall–Kier alpha value is -5.67. The van der Waals surface area contributed by atoms with Gasteiger partial charge < -0.3 is 25.2 Å². The highest BCUT2D eigenvalue weighted by Gasteiger charge is 2.33. The van der Waals surface area contributed by atoms with Gasteiger partial charge in [0.15, 0.2) is 5.13 Å². The Morgan fingerprint density at radius 3 is 2.45 bits per heavy atom. The molecule has 0 saturated carbocycles. The molecule has 0 bridgehead atoms. The van der Waals surface area contributed by atoms with Gasteiger partial charge >= 0.3 is 0 Å². The number of amides is 5. The van der Waals surface area contributed by atoms with Crippen LogP contribution in [0, 0.1) is 5.82 Å². The van der Waals surface area contributed by atoms with Gasteiger partial charge in [0.05, 0.1) is 19.6 Å². The van der Waals surface area contributed by atoms with Crippen molar-refractivity contribution in [2.75, 3.05) is 49.9 Å². The first-order valence-corrected chi connectivity index (χ1v) is 19.8. The van der Waals surface area contributed by atoms with Gasteiger partial charge in [0.2, 0.25) is 23.6 Å². The van der Waals surface area contributed by atoms with Crippen LogP contribution in [-0.4, -0.2) is 101 Å². The Morgan fingerprint density at radius 1 is 0.929 bits per heavy atom. The van der Waals surface area contributed by atoms with Gasteiger partial charge in [0.1, 0.15) is 30.3 Å². The van der Waals surface area contributed by atoms with Gasteiger partial charge in [0, 0.05) is 47.8 Å². The number of likely N-dealkylation sites (tertiary alicyclic amines) is 2. The number of ether oxygens (including phenoxy) is 1. The quantitative estimate of drug-likeness (QED) is 0.185. The van der Waals surface area contributed by atoms with Crippen molar-refractivity contribution in [2.24, 2.45) is 0 Å². The second-order valence-corrected chi connectivity index (χ2v) is 15.6. The summed E-state index contributed by atoms with van der Waals surface area (Å²) in [5, 5.41) is 10.4. The Bertz CT molecular complexity index is 2120. The van der Waals surface area contributed by atoms with E-state index in [1.165, 1.54) is 27.9 Å². The van der Waals surface area contributed by atoms with Crippen LogP contribution in [0.4, 0.5) is 15.2 Å². The van der Waals surface area contributed by atoms with Crippen LogP contribution in [0.25, 0.3) is 11.1 Å². The molecular weight excluding hydrogens is 738 g/mol. The van der Waals surface area contributed by atoms with Gasteiger partial charge in [-0.3, -0.25) is 34.2 Å². The Labute approximate surface area is 327 Å². The second kappa shape index (κ2) is 16.2. The lowest BCUT2D eigenvalue weighted by Gasteiger charge is -2.32. The first kappa shape index (κ1) is 37.3. The number of nitrogens with one attached hydrogen (secondary N) is 3. The summed E-state index contributed by atoms with van der Waals surface area (Å²) < 4.78 is 21.5. The zero-order valence-electron chi connectivity index (χ0n) is 30.7. The normalized spacial score (nSPS) is 20.2. The summed E-state index contributed by atoms with van der Waals surface area (Å²) in [6.07, 6.45) is 4.88. The topological polar surface area (TPSA) is 153 Å². The van der Waals surface area contributed by atoms with Gasteiger partial charge in [0.25, 0.3) is 5.91 Å². The molecule has 4 aliphatic heterocycles. The van der Waals surface area contributed by atoms with E-state index in [0.29, 0.717) is 54.8 Å². The molecule has 3 N–H and O–H groups in total. The molecule has 290 valence electrons. The molecule has 5 amide bonds. The maximum atomic E-state index is 15.2. The molecule has 0 aliphatic carbocycles. The number of hydrogen-bond acceptors (Lipinski definition) is 10. The molecule has 0 unspecified atom stereocenters. The van der Waals surface area contributed by atoms with E-state index >= 15 is 4.39 Å². The Kier molecular flexibility index (Phi) is 10.8. The molecule has 15 heteroatoms. The highest BCUT2D eigenvalue weighted by molar-refractivity contribution is 7.13. The number of hydrogen-bond donors (Lipinski definition) is 3. The third-order valence-electron chi connectivity index (χ3n) is 11.0. The van der Waals surface area contributed by atoms with E-state index < -0.39 is 23.7 Å². The van der Waals surface area contributed by atoms with E-state index in [4.69, 9.17) is 4.74 Å². The Morgan fingerprint density at radius 2 is 1.71 bits per heavy atom. The standard InChI is InChI=1S/C41H42FN7O6S/c42-34-20-28(19-32-33(34)22-49(40(32)54)23-37(51)46-41-43-14-18-56-41)26-3-7-30(8-4-26)55-31-13-17-48(21-31)38(52)24-47-15-11-27(12-16-47)25-1-5-29(6-2-25)44-35-9-10-36(50)45-39(35)53/h1-8,14,18-20,27,31,35,44H,9-13,15-17,21-24H2,(H,43,46,51)(H,45,50,53)/t31-,35-/m0/s1. The van der Waals surface area contributed by atoms with Crippen LogP contribution in [0.2, 0.25) is 0 Å². The number of piperidine rings is 2. The maximum absolute atomic E-state index is 15.2. The van der Waals surface area contributed by atoms with Crippen molar-refractivity contribution in [1.82, 2.24) is 25.0 Å². The van der Waals surface area contributed by atoms with Crippen molar-refractivity contribution in [2.45, 2.75) is 56.7 Å². The van der Waals surface area contributed by atoms with Gasteiger partial charge in [-0.2, -0.15) is 0 Å². The molecular formula is C41H42FN7O6S. The van der Waals surface area contributed by atoms with Crippen LogP contribution < -0.4 is 20.7 Å². The average Bonchev–Trinajstić information content (AvgIpc) is 3.96. The van der Waals surface area contributed by atoms with Crippen LogP contribution in [0.3, 0.4) is 0 Å². The van der Waals surface area contributed by atoms with Crippen molar-refractivity contribution in [3.8, 4) is 16.9 Å². The van der Waals surface area contributed by atoms with E-state index in [1.807, 2.05) is 41.3 Å². The van der Waals surface area contributed by atoms with Gasteiger partial charge in [-0.15, -0.1) is 11.3 Å². The number of carbonyl (C=O) groups is 5. The molecule has 5 heterocycles. The zero-order valence-corrected chi connectivity index (χ0v) is 31.5. The van der Waals surface area contributed by atoms with E-state index in [9.17, 15) is 24.0 Å². The number of imide groups is 1. The number of aromatic nitrogens is 1. The molecule has 0 spiro atoms.